The van der Waals surface area contributed by atoms with E-state index in [2.05, 4.69) is 74.7 Å². The van der Waals surface area contributed by atoms with Crippen LogP contribution in [0.3, 0.4) is 0 Å². The van der Waals surface area contributed by atoms with Crippen molar-refractivity contribution in [1.29, 1.82) is 0 Å². The number of fused-ring (bicyclic) bond motifs is 1. The predicted octanol–water partition coefficient (Wildman–Crippen LogP) is 4.31. The zero-order valence-corrected chi connectivity index (χ0v) is 14.3. The van der Waals surface area contributed by atoms with Crippen LogP contribution in [0.2, 0.25) is 0 Å². The molecule has 2 aromatic carbocycles. The van der Waals surface area contributed by atoms with Crippen LogP contribution in [0.15, 0.2) is 53.0 Å². The first-order valence-corrected chi connectivity index (χ1v) is 8.80. The highest BCUT2D eigenvalue weighted by molar-refractivity contribution is 9.10. The van der Waals surface area contributed by atoms with E-state index >= 15 is 0 Å². The summed E-state index contributed by atoms with van der Waals surface area (Å²) in [5.41, 5.74) is 4.61. The molecule has 1 unspecified atom stereocenters. The van der Waals surface area contributed by atoms with Gasteiger partial charge in [0, 0.05) is 35.2 Å². The lowest BCUT2D eigenvalue weighted by Crippen LogP contribution is -2.38. The standard InChI is InChI=1S/C19H21BrN2/c20-17-7-6-16-11-19(13-21-18(16)10-17)8-9-22(14-19)12-15-4-2-1-3-5-15/h1-7,10,21H,8-9,11-14H2. The lowest BCUT2D eigenvalue weighted by molar-refractivity contribution is 0.256. The molecule has 1 fully saturated rings. The van der Waals surface area contributed by atoms with Gasteiger partial charge < -0.3 is 5.32 Å². The minimum atomic E-state index is 0.412. The second-order valence-corrected chi connectivity index (χ2v) is 7.69. The second-order valence-electron chi connectivity index (χ2n) is 6.78. The van der Waals surface area contributed by atoms with E-state index in [4.69, 9.17) is 0 Å². The first-order valence-electron chi connectivity index (χ1n) is 8.01. The van der Waals surface area contributed by atoms with Crippen molar-refractivity contribution in [2.75, 3.05) is 25.0 Å². The molecule has 2 aliphatic heterocycles. The maximum atomic E-state index is 3.66. The molecule has 3 heteroatoms. The molecular weight excluding hydrogens is 336 g/mol. The molecule has 0 radical (unpaired) electrons. The average molecular weight is 357 g/mol. The van der Waals surface area contributed by atoms with E-state index in [-0.39, 0.29) is 0 Å². The summed E-state index contributed by atoms with van der Waals surface area (Å²) in [7, 11) is 0. The van der Waals surface area contributed by atoms with Crippen molar-refractivity contribution < 1.29 is 0 Å². The van der Waals surface area contributed by atoms with Gasteiger partial charge in [-0.05, 0) is 42.6 Å². The molecule has 0 saturated carbocycles. The van der Waals surface area contributed by atoms with E-state index in [0.717, 1.165) is 17.6 Å². The van der Waals surface area contributed by atoms with Crippen LogP contribution in [0.4, 0.5) is 5.69 Å². The average Bonchev–Trinajstić information content (AvgIpc) is 2.91. The molecule has 2 aliphatic rings. The number of benzene rings is 2. The van der Waals surface area contributed by atoms with Gasteiger partial charge in [-0.1, -0.05) is 52.3 Å². The van der Waals surface area contributed by atoms with Crippen molar-refractivity contribution in [3.8, 4) is 0 Å². The summed E-state index contributed by atoms with van der Waals surface area (Å²) < 4.78 is 1.16. The number of nitrogens with one attached hydrogen (secondary N) is 1. The smallest absolute Gasteiger partial charge is 0.0384 e. The number of hydrogen-bond acceptors (Lipinski definition) is 2. The number of anilines is 1. The highest BCUT2D eigenvalue weighted by Gasteiger charge is 2.40. The van der Waals surface area contributed by atoms with E-state index in [1.807, 2.05) is 0 Å². The molecule has 0 aromatic heterocycles. The largest absolute Gasteiger partial charge is 0.384 e. The van der Waals surface area contributed by atoms with Crippen LogP contribution in [0.1, 0.15) is 17.5 Å². The Kier molecular flexibility index (Phi) is 3.71. The summed E-state index contributed by atoms with van der Waals surface area (Å²) in [6.45, 7) is 4.59. The maximum absolute atomic E-state index is 3.66. The third-order valence-corrected chi connectivity index (χ3v) is 5.55. The van der Waals surface area contributed by atoms with Crippen LogP contribution >= 0.6 is 15.9 Å². The van der Waals surface area contributed by atoms with Gasteiger partial charge in [0.05, 0.1) is 0 Å². The Morgan fingerprint density at radius 1 is 1.14 bits per heavy atom. The minimum absolute atomic E-state index is 0.412. The molecule has 1 saturated heterocycles. The third-order valence-electron chi connectivity index (χ3n) is 5.06. The van der Waals surface area contributed by atoms with Crippen molar-refractivity contribution in [3.63, 3.8) is 0 Å². The van der Waals surface area contributed by atoms with E-state index in [9.17, 15) is 0 Å². The molecule has 0 bridgehead atoms. The van der Waals surface area contributed by atoms with Gasteiger partial charge in [-0.15, -0.1) is 0 Å². The number of nitrogens with zero attached hydrogens (tertiary/aromatic N) is 1. The van der Waals surface area contributed by atoms with Crippen molar-refractivity contribution >= 4 is 21.6 Å². The van der Waals surface area contributed by atoms with Gasteiger partial charge in [0.15, 0.2) is 0 Å². The number of rotatable bonds is 2. The van der Waals surface area contributed by atoms with Crippen LogP contribution in [0.5, 0.6) is 0 Å². The van der Waals surface area contributed by atoms with Gasteiger partial charge in [0.2, 0.25) is 0 Å². The lowest BCUT2D eigenvalue weighted by Gasteiger charge is -2.36. The molecule has 2 heterocycles. The van der Waals surface area contributed by atoms with Crippen LogP contribution in [0.25, 0.3) is 0 Å². The van der Waals surface area contributed by atoms with Crippen LogP contribution in [-0.4, -0.2) is 24.5 Å². The highest BCUT2D eigenvalue weighted by Crippen LogP contribution is 2.40. The fraction of sp³-hybridized carbons (Fsp3) is 0.368. The lowest BCUT2D eigenvalue weighted by atomic mass is 9.78. The van der Waals surface area contributed by atoms with Gasteiger partial charge in [0.25, 0.3) is 0 Å². The zero-order valence-electron chi connectivity index (χ0n) is 12.7. The number of likely N-dealkylation sites (tertiary alicyclic amines) is 1. The summed E-state index contributed by atoms with van der Waals surface area (Å²) in [6.07, 6.45) is 2.50. The summed E-state index contributed by atoms with van der Waals surface area (Å²) in [5.74, 6) is 0. The normalized spacial score (nSPS) is 24.2. The van der Waals surface area contributed by atoms with Crippen LogP contribution < -0.4 is 5.32 Å². The first-order chi connectivity index (χ1) is 10.7. The Hall–Kier alpha value is -1.32. The van der Waals surface area contributed by atoms with Crippen LogP contribution in [0, 0.1) is 5.41 Å². The molecule has 1 atom stereocenters. The monoisotopic (exact) mass is 356 g/mol. The summed E-state index contributed by atoms with van der Waals surface area (Å²) in [6, 6.07) is 17.5. The Bertz CT molecular complexity index is 670. The number of halogens is 1. The third kappa shape index (κ3) is 2.80. The molecule has 1 spiro atoms. The molecule has 0 amide bonds. The molecule has 2 nitrogen and oxygen atoms in total. The van der Waals surface area contributed by atoms with E-state index < -0.39 is 0 Å². The van der Waals surface area contributed by atoms with Crippen molar-refractivity contribution in [3.05, 3.63) is 64.1 Å². The molecule has 4 rings (SSSR count). The van der Waals surface area contributed by atoms with Crippen molar-refractivity contribution in [2.24, 2.45) is 5.41 Å². The Labute approximate surface area is 140 Å². The Balaban J connectivity index is 1.47. The van der Waals surface area contributed by atoms with Gasteiger partial charge >= 0.3 is 0 Å². The SMILES string of the molecule is Brc1ccc2c(c1)NCC1(CCN(Cc3ccccc3)C1)C2. The highest BCUT2D eigenvalue weighted by atomic mass is 79.9. The fourth-order valence-corrected chi connectivity index (χ4v) is 4.27. The van der Waals surface area contributed by atoms with Crippen molar-refractivity contribution in [2.45, 2.75) is 19.4 Å². The van der Waals surface area contributed by atoms with Gasteiger partial charge in [-0.3, -0.25) is 4.90 Å². The summed E-state index contributed by atoms with van der Waals surface area (Å²) in [5, 5.41) is 3.66. The fourth-order valence-electron chi connectivity index (χ4n) is 3.91. The van der Waals surface area contributed by atoms with Crippen molar-refractivity contribution in [1.82, 2.24) is 4.90 Å². The zero-order chi connectivity index (χ0) is 15.0. The van der Waals surface area contributed by atoms with Gasteiger partial charge in [0.1, 0.15) is 0 Å². The molecular formula is C19H21BrN2. The molecule has 1 N–H and O–H groups in total. The Morgan fingerprint density at radius 2 is 2.00 bits per heavy atom. The topological polar surface area (TPSA) is 15.3 Å². The minimum Gasteiger partial charge on any atom is -0.384 e. The summed E-state index contributed by atoms with van der Waals surface area (Å²) >= 11 is 3.56. The first kappa shape index (κ1) is 14.3. The van der Waals surface area contributed by atoms with E-state index in [1.54, 1.807) is 0 Å². The number of hydrogen-bond donors (Lipinski definition) is 1. The second kappa shape index (κ2) is 5.71. The van der Waals surface area contributed by atoms with E-state index in [1.165, 1.54) is 42.7 Å². The van der Waals surface area contributed by atoms with E-state index in [0.29, 0.717) is 5.41 Å². The molecule has 114 valence electrons. The molecule has 0 aliphatic carbocycles. The Morgan fingerprint density at radius 3 is 2.86 bits per heavy atom. The maximum Gasteiger partial charge on any atom is 0.0384 e. The van der Waals surface area contributed by atoms with Gasteiger partial charge in [-0.2, -0.15) is 0 Å². The van der Waals surface area contributed by atoms with Crippen LogP contribution in [-0.2, 0) is 13.0 Å². The molecule has 22 heavy (non-hydrogen) atoms. The quantitative estimate of drug-likeness (QED) is 0.862. The van der Waals surface area contributed by atoms with Gasteiger partial charge in [-0.25, -0.2) is 0 Å². The summed E-state index contributed by atoms with van der Waals surface area (Å²) in [4.78, 5) is 2.61. The molecule has 2 aromatic rings. The predicted molar refractivity (Wildman–Crippen MR) is 95.1 cm³/mol.